The molecule has 1 aliphatic rings. The molecule has 3 rings (SSSR count). The summed E-state index contributed by atoms with van der Waals surface area (Å²) in [6.07, 6.45) is 3.79. The molecule has 1 aliphatic heterocycles. The van der Waals surface area contributed by atoms with Crippen LogP contribution in [0, 0.1) is 12.8 Å². The van der Waals surface area contributed by atoms with Crippen molar-refractivity contribution >= 4 is 5.91 Å². The summed E-state index contributed by atoms with van der Waals surface area (Å²) in [6, 6.07) is 3.62. The average Bonchev–Trinajstić information content (AvgIpc) is 3.11. The lowest BCUT2D eigenvalue weighted by Gasteiger charge is -2.37. The average molecular weight is 373 g/mol. The van der Waals surface area contributed by atoms with Crippen LogP contribution in [0.5, 0.6) is 5.88 Å². The van der Waals surface area contributed by atoms with Crippen LogP contribution in [0.15, 0.2) is 22.9 Å². The Kier molecular flexibility index (Phi) is 6.05. The predicted molar refractivity (Wildman–Crippen MR) is 99.4 cm³/mol. The van der Waals surface area contributed by atoms with E-state index in [1.54, 1.807) is 25.3 Å². The van der Waals surface area contributed by atoms with Gasteiger partial charge in [-0.3, -0.25) is 4.79 Å². The Morgan fingerprint density at radius 3 is 2.74 bits per heavy atom. The number of nitrogens with zero attached hydrogens (tertiary/aromatic N) is 5. The summed E-state index contributed by atoms with van der Waals surface area (Å²) in [5, 5.41) is 3.71. The first-order valence-corrected chi connectivity index (χ1v) is 9.28. The minimum atomic E-state index is -0.0204. The van der Waals surface area contributed by atoms with Crippen LogP contribution in [0.3, 0.4) is 0 Å². The quantitative estimate of drug-likeness (QED) is 0.767. The highest BCUT2D eigenvalue weighted by atomic mass is 16.5. The van der Waals surface area contributed by atoms with Crippen molar-refractivity contribution in [2.75, 3.05) is 27.2 Å². The van der Waals surface area contributed by atoms with Crippen molar-refractivity contribution in [3.8, 4) is 5.88 Å². The van der Waals surface area contributed by atoms with Crippen molar-refractivity contribution in [2.24, 2.45) is 5.92 Å². The van der Waals surface area contributed by atoms with Crippen molar-refractivity contribution < 1.29 is 14.1 Å². The number of carbonyl (C=O) groups excluding carboxylic acids is 1. The summed E-state index contributed by atoms with van der Waals surface area (Å²) in [6.45, 7) is 6.20. The topological polar surface area (TPSA) is 84.6 Å². The number of hydrogen-bond acceptors (Lipinski definition) is 7. The molecule has 0 bridgehead atoms. The normalized spacial score (nSPS) is 16.9. The number of aromatic nitrogens is 3. The molecule has 3 heterocycles. The van der Waals surface area contributed by atoms with Crippen LogP contribution in [0.1, 0.15) is 41.8 Å². The van der Waals surface area contributed by atoms with Crippen LogP contribution in [0.2, 0.25) is 0 Å². The van der Waals surface area contributed by atoms with Crippen molar-refractivity contribution in [3.05, 3.63) is 35.6 Å². The first kappa shape index (κ1) is 19.3. The second-order valence-electron chi connectivity index (χ2n) is 7.21. The molecule has 0 saturated carbocycles. The lowest BCUT2D eigenvalue weighted by atomic mass is 9.89. The van der Waals surface area contributed by atoms with Gasteiger partial charge in [-0.05, 0) is 58.8 Å². The van der Waals surface area contributed by atoms with Crippen LogP contribution < -0.4 is 4.74 Å². The Bertz CT molecular complexity index is 753. The van der Waals surface area contributed by atoms with Gasteiger partial charge in [0.1, 0.15) is 0 Å². The Hall–Kier alpha value is -2.48. The molecule has 1 unspecified atom stereocenters. The molecule has 1 fully saturated rings. The molecule has 8 heteroatoms. The summed E-state index contributed by atoms with van der Waals surface area (Å²) in [4.78, 5) is 25.2. The number of likely N-dealkylation sites (tertiary alicyclic amines) is 1. The van der Waals surface area contributed by atoms with Crippen LogP contribution in [-0.2, 0) is 6.61 Å². The molecule has 1 atom stereocenters. The van der Waals surface area contributed by atoms with Crippen LogP contribution >= 0.6 is 0 Å². The van der Waals surface area contributed by atoms with Crippen molar-refractivity contribution in [1.29, 1.82) is 0 Å². The minimum Gasteiger partial charge on any atom is -0.468 e. The SMILES string of the molecule is Cc1noc(COc2ccc(C(=O)N(C)C(C)C3CCN(C)CC3)cn2)n1. The highest BCUT2D eigenvalue weighted by Gasteiger charge is 2.27. The second-order valence-corrected chi connectivity index (χ2v) is 7.21. The number of carbonyl (C=O) groups is 1. The van der Waals surface area contributed by atoms with E-state index in [9.17, 15) is 4.79 Å². The third-order valence-electron chi connectivity index (χ3n) is 5.27. The van der Waals surface area contributed by atoms with Gasteiger partial charge in [-0.15, -0.1) is 0 Å². The fourth-order valence-corrected chi connectivity index (χ4v) is 3.34. The maximum Gasteiger partial charge on any atom is 0.264 e. The molecular weight excluding hydrogens is 346 g/mol. The van der Waals surface area contributed by atoms with E-state index in [2.05, 4.69) is 34.0 Å². The second kappa shape index (κ2) is 8.47. The number of rotatable bonds is 6. The summed E-state index contributed by atoms with van der Waals surface area (Å²) < 4.78 is 10.5. The summed E-state index contributed by atoms with van der Waals surface area (Å²) in [5.41, 5.74) is 0.554. The standard InChI is InChI=1S/C19H27N5O3/c1-13(15-7-9-23(3)10-8-15)24(4)19(25)16-5-6-17(20-11-16)26-12-18-21-14(2)22-27-18/h5-6,11,13,15H,7-10,12H2,1-4H3. The molecule has 2 aromatic heterocycles. The zero-order chi connectivity index (χ0) is 19.4. The lowest BCUT2D eigenvalue weighted by Crippen LogP contribution is -2.44. The largest absolute Gasteiger partial charge is 0.468 e. The highest BCUT2D eigenvalue weighted by Crippen LogP contribution is 2.24. The zero-order valence-electron chi connectivity index (χ0n) is 16.4. The van der Waals surface area contributed by atoms with E-state index in [1.165, 1.54) is 0 Å². The molecule has 0 spiro atoms. The van der Waals surface area contributed by atoms with Crippen molar-refractivity contribution in [3.63, 3.8) is 0 Å². The van der Waals surface area contributed by atoms with Gasteiger partial charge in [0.05, 0.1) is 5.56 Å². The number of aryl methyl sites for hydroxylation is 1. The first-order valence-electron chi connectivity index (χ1n) is 9.28. The molecule has 1 amide bonds. The number of hydrogen-bond donors (Lipinski definition) is 0. The Balaban J connectivity index is 1.56. The van der Waals surface area contributed by atoms with Crippen LogP contribution in [0.4, 0.5) is 0 Å². The van der Waals surface area contributed by atoms with E-state index in [0.29, 0.717) is 29.1 Å². The minimum absolute atomic E-state index is 0.0204. The molecule has 0 N–H and O–H groups in total. The van der Waals surface area contributed by atoms with Crippen LogP contribution in [-0.4, -0.2) is 64.1 Å². The highest BCUT2D eigenvalue weighted by molar-refractivity contribution is 5.94. The molecule has 0 radical (unpaired) electrons. The summed E-state index contributed by atoms with van der Waals surface area (Å²) >= 11 is 0. The van der Waals surface area contributed by atoms with E-state index < -0.39 is 0 Å². The third kappa shape index (κ3) is 4.82. The third-order valence-corrected chi connectivity index (χ3v) is 5.27. The Morgan fingerprint density at radius 1 is 1.41 bits per heavy atom. The van der Waals surface area contributed by atoms with Gasteiger partial charge in [0.15, 0.2) is 12.4 Å². The fourth-order valence-electron chi connectivity index (χ4n) is 3.34. The maximum atomic E-state index is 12.8. The monoisotopic (exact) mass is 373 g/mol. The molecule has 146 valence electrons. The van der Waals surface area contributed by atoms with E-state index >= 15 is 0 Å². The molecule has 27 heavy (non-hydrogen) atoms. The zero-order valence-corrected chi connectivity index (χ0v) is 16.4. The van der Waals surface area contributed by atoms with E-state index in [1.807, 2.05) is 11.9 Å². The van der Waals surface area contributed by atoms with Crippen molar-refractivity contribution in [2.45, 2.75) is 39.3 Å². The van der Waals surface area contributed by atoms with Gasteiger partial charge < -0.3 is 19.1 Å². The number of piperidine rings is 1. The van der Waals surface area contributed by atoms with Gasteiger partial charge in [0, 0.05) is 25.4 Å². The molecular formula is C19H27N5O3. The van der Waals surface area contributed by atoms with E-state index in [4.69, 9.17) is 9.26 Å². The smallest absolute Gasteiger partial charge is 0.264 e. The van der Waals surface area contributed by atoms with E-state index in [-0.39, 0.29) is 18.6 Å². The molecule has 8 nitrogen and oxygen atoms in total. The van der Waals surface area contributed by atoms with E-state index in [0.717, 1.165) is 25.9 Å². The van der Waals surface area contributed by atoms with Crippen molar-refractivity contribution in [1.82, 2.24) is 24.9 Å². The lowest BCUT2D eigenvalue weighted by molar-refractivity contribution is 0.0636. The molecule has 0 aliphatic carbocycles. The Labute approximate surface area is 159 Å². The van der Waals surface area contributed by atoms with Gasteiger partial charge in [0.2, 0.25) is 5.88 Å². The van der Waals surface area contributed by atoms with Gasteiger partial charge in [-0.2, -0.15) is 4.98 Å². The number of amides is 1. The molecule has 0 aromatic carbocycles. The number of pyridine rings is 1. The maximum absolute atomic E-state index is 12.8. The van der Waals surface area contributed by atoms with Gasteiger partial charge in [-0.25, -0.2) is 4.98 Å². The first-order chi connectivity index (χ1) is 12.9. The number of ether oxygens (including phenoxy) is 1. The summed E-state index contributed by atoms with van der Waals surface area (Å²) in [7, 11) is 4.01. The summed E-state index contributed by atoms with van der Waals surface area (Å²) in [5.74, 6) is 1.87. The molecule has 1 saturated heterocycles. The fraction of sp³-hybridized carbons (Fsp3) is 0.579. The van der Waals surface area contributed by atoms with Crippen LogP contribution in [0.25, 0.3) is 0 Å². The Morgan fingerprint density at radius 2 is 2.15 bits per heavy atom. The predicted octanol–water partition coefficient (Wildman–Crippen LogP) is 2.15. The van der Waals surface area contributed by atoms with Gasteiger partial charge in [0.25, 0.3) is 11.8 Å². The molecule has 2 aromatic rings. The van der Waals surface area contributed by atoms with Gasteiger partial charge >= 0.3 is 0 Å². The van der Waals surface area contributed by atoms with Gasteiger partial charge in [-0.1, -0.05) is 5.16 Å².